The van der Waals surface area contributed by atoms with E-state index in [1.165, 1.54) is 11.1 Å². The Morgan fingerprint density at radius 3 is 2.73 bits per heavy atom. The second-order valence-corrected chi connectivity index (χ2v) is 3.81. The molecule has 15 heavy (non-hydrogen) atoms. The van der Waals surface area contributed by atoms with Crippen molar-refractivity contribution in [1.82, 2.24) is 0 Å². The molecule has 2 rings (SSSR count). The Bertz CT molecular complexity index is 410. The van der Waals surface area contributed by atoms with E-state index in [1.807, 2.05) is 19.1 Å². The Kier molecular flexibility index (Phi) is 2.62. The average molecular weight is 205 g/mol. The molecule has 0 saturated heterocycles. The minimum atomic E-state index is 0.677. The monoisotopic (exact) mass is 205 g/mol. The van der Waals surface area contributed by atoms with Gasteiger partial charge in [-0.25, -0.2) is 0 Å². The van der Waals surface area contributed by atoms with E-state index in [0.717, 1.165) is 30.6 Å². The molecule has 0 bridgehead atoms. The van der Waals surface area contributed by atoms with Crippen molar-refractivity contribution in [1.29, 1.82) is 0 Å². The molecule has 0 unspecified atom stereocenters. The van der Waals surface area contributed by atoms with Gasteiger partial charge in [0.1, 0.15) is 5.75 Å². The fourth-order valence-corrected chi connectivity index (χ4v) is 2.26. The summed E-state index contributed by atoms with van der Waals surface area (Å²) in [7, 11) is 1.70. The number of benzene rings is 1. The van der Waals surface area contributed by atoms with Crippen molar-refractivity contribution in [2.24, 2.45) is 5.16 Å². The van der Waals surface area contributed by atoms with Crippen molar-refractivity contribution < 1.29 is 9.94 Å². The van der Waals surface area contributed by atoms with Gasteiger partial charge in [0.15, 0.2) is 0 Å². The predicted molar refractivity (Wildman–Crippen MR) is 59.0 cm³/mol. The fraction of sp³-hybridized carbons (Fsp3) is 0.417. The third kappa shape index (κ3) is 1.58. The van der Waals surface area contributed by atoms with Crippen molar-refractivity contribution in [2.45, 2.75) is 26.2 Å². The van der Waals surface area contributed by atoms with E-state index in [4.69, 9.17) is 9.94 Å². The maximum absolute atomic E-state index is 8.80. The number of hydrogen-bond donors (Lipinski definition) is 1. The number of hydrogen-bond acceptors (Lipinski definition) is 3. The van der Waals surface area contributed by atoms with E-state index in [-0.39, 0.29) is 0 Å². The van der Waals surface area contributed by atoms with E-state index in [1.54, 1.807) is 7.11 Å². The maximum atomic E-state index is 8.80. The first kappa shape index (κ1) is 10.0. The Morgan fingerprint density at radius 2 is 2.07 bits per heavy atom. The van der Waals surface area contributed by atoms with Crippen molar-refractivity contribution in [3.63, 3.8) is 0 Å². The summed E-state index contributed by atoms with van der Waals surface area (Å²) in [4.78, 5) is 0. The normalized spacial score (nSPS) is 15.2. The molecule has 1 aliphatic carbocycles. The second-order valence-electron chi connectivity index (χ2n) is 3.81. The van der Waals surface area contributed by atoms with Crippen molar-refractivity contribution in [3.8, 4) is 5.75 Å². The first-order valence-corrected chi connectivity index (χ1v) is 5.15. The predicted octanol–water partition coefficient (Wildman–Crippen LogP) is 2.38. The summed E-state index contributed by atoms with van der Waals surface area (Å²) in [5, 5.41) is 12.1. The van der Waals surface area contributed by atoms with Gasteiger partial charge in [-0.15, -0.1) is 0 Å². The highest BCUT2D eigenvalue weighted by molar-refractivity contribution is 6.00. The van der Waals surface area contributed by atoms with E-state index < -0.39 is 0 Å². The number of rotatable bonds is 2. The molecule has 0 atom stereocenters. The summed E-state index contributed by atoms with van der Waals surface area (Å²) < 4.78 is 5.32. The first-order valence-electron chi connectivity index (χ1n) is 5.15. The molecule has 1 aromatic rings. The van der Waals surface area contributed by atoms with Gasteiger partial charge in [0.05, 0.1) is 12.8 Å². The summed E-state index contributed by atoms with van der Waals surface area (Å²) in [6.45, 7) is 1.82. The Balaban J connectivity index is 2.56. The molecule has 0 aliphatic heterocycles. The van der Waals surface area contributed by atoms with Crippen LogP contribution in [0.25, 0.3) is 0 Å². The average Bonchev–Trinajstić information content (AvgIpc) is 2.75. The largest absolute Gasteiger partial charge is 0.496 e. The lowest BCUT2D eigenvalue weighted by atomic mass is 9.99. The van der Waals surface area contributed by atoms with Gasteiger partial charge in [-0.3, -0.25) is 0 Å². The molecular formula is C12H15NO2. The minimum Gasteiger partial charge on any atom is -0.496 e. The number of ether oxygens (including phenoxy) is 1. The van der Waals surface area contributed by atoms with E-state index in [9.17, 15) is 0 Å². The topological polar surface area (TPSA) is 41.8 Å². The van der Waals surface area contributed by atoms with Crippen LogP contribution in [-0.4, -0.2) is 18.0 Å². The van der Waals surface area contributed by atoms with E-state index >= 15 is 0 Å². The zero-order valence-corrected chi connectivity index (χ0v) is 9.08. The molecule has 0 aromatic heterocycles. The molecule has 0 spiro atoms. The standard InChI is InChI=1S/C12H15NO2/c1-8(13-14)9-6-7-12(15-2)11-5-3-4-10(9)11/h6-7,14H,3-5H2,1-2H3. The zero-order valence-electron chi connectivity index (χ0n) is 9.08. The lowest BCUT2D eigenvalue weighted by Gasteiger charge is -2.11. The second kappa shape index (κ2) is 3.93. The van der Waals surface area contributed by atoms with Crippen LogP contribution in [0.15, 0.2) is 17.3 Å². The number of fused-ring (bicyclic) bond motifs is 1. The summed E-state index contributed by atoms with van der Waals surface area (Å²) in [6, 6.07) is 3.92. The van der Waals surface area contributed by atoms with Gasteiger partial charge < -0.3 is 9.94 Å². The van der Waals surface area contributed by atoms with Crippen LogP contribution in [0, 0.1) is 0 Å². The van der Waals surface area contributed by atoms with Gasteiger partial charge in [0, 0.05) is 5.56 Å². The Hall–Kier alpha value is -1.51. The summed E-state index contributed by atoms with van der Waals surface area (Å²) in [6.07, 6.45) is 3.27. The lowest BCUT2D eigenvalue weighted by molar-refractivity contribution is 0.319. The van der Waals surface area contributed by atoms with Crippen molar-refractivity contribution in [2.75, 3.05) is 7.11 Å². The molecule has 1 aliphatic rings. The molecule has 1 N–H and O–H groups in total. The molecule has 80 valence electrons. The number of nitrogens with zero attached hydrogens (tertiary/aromatic N) is 1. The molecule has 0 heterocycles. The van der Waals surface area contributed by atoms with E-state index in [2.05, 4.69) is 5.16 Å². The quantitative estimate of drug-likeness (QED) is 0.457. The van der Waals surface area contributed by atoms with Crippen LogP contribution in [0.1, 0.15) is 30.0 Å². The van der Waals surface area contributed by atoms with Crippen LogP contribution >= 0.6 is 0 Å². The zero-order chi connectivity index (χ0) is 10.8. The Morgan fingerprint density at radius 1 is 1.33 bits per heavy atom. The molecule has 1 aromatic carbocycles. The molecular weight excluding hydrogens is 190 g/mol. The third-order valence-electron chi connectivity index (χ3n) is 3.00. The van der Waals surface area contributed by atoms with Crippen LogP contribution in [-0.2, 0) is 12.8 Å². The van der Waals surface area contributed by atoms with Crippen LogP contribution in [0.3, 0.4) is 0 Å². The summed E-state index contributed by atoms with van der Waals surface area (Å²) >= 11 is 0. The maximum Gasteiger partial charge on any atom is 0.122 e. The van der Waals surface area contributed by atoms with Gasteiger partial charge in [-0.2, -0.15) is 0 Å². The van der Waals surface area contributed by atoms with Crippen molar-refractivity contribution in [3.05, 3.63) is 28.8 Å². The summed E-state index contributed by atoms with van der Waals surface area (Å²) in [5.74, 6) is 0.956. The van der Waals surface area contributed by atoms with Gasteiger partial charge in [0.25, 0.3) is 0 Å². The van der Waals surface area contributed by atoms with Gasteiger partial charge in [-0.1, -0.05) is 5.16 Å². The van der Waals surface area contributed by atoms with Gasteiger partial charge in [-0.05, 0) is 49.4 Å². The third-order valence-corrected chi connectivity index (χ3v) is 3.00. The lowest BCUT2D eigenvalue weighted by Crippen LogP contribution is -2.02. The van der Waals surface area contributed by atoms with E-state index in [0.29, 0.717) is 5.71 Å². The summed E-state index contributed by atoms with van der Waals surface area (Å²) in [5.41, 5.74) is 4.28. The van der Waals surface area contributed by atoms with Crippen LogP contribution in [0.2, 0.25) is 0 Å². The molecule has 3 heteroatoms. The molecule has 3 nitrogen and oxygen atoms in total. The molecule has 0 amide bonds. The highest BCUT2D eigenvalue weighted by Gasteiger charge is 2.20. The van der Waals surface area contributed by atoms with Crippen LogP contribution < -0.4 is 4.74 Å². The molecule has 0 fully saturated rings. The van der Waals surface area contributed by atoms with Crippen molar-refractivity contribution >= 4 is 5.71 Å². The number of methoxy groups -OCH3 is 1. The highest BCUT2D eigenvalue weighted by Crippen LogP contribution is 2.33. The van der Waals surface area contributed by atoms with Crippen LogP contribution in [0.4, 0.5) is 0 Å². The van der Waals surface area contributed by atoms with Crippen LogP contribution in [0.5, 0.6) is 5.75 Å². The minimum absolute atomic E-state index is 0.677. The SMILES string of the molecule is COc1ccc(C(C)=NO)c2c1CCC2. The first-order chi connectivity index (χ1) is 7.27. The molecule has 0 saturated carbocycles. The number of oxime groups is 1. The smallest absolute Gasteiger partial charge is 0.122 e. The van der Waals surface area contributed by atoms with Gasteiger partial charge >= 0.3 is 0 Å². The molecule has 0 radical (unpaired) electrons. The fourth-order valence-electron chi connectivity index (χ4n) is 2.26. The Labute approximate surface area is 89.4 Å². The van der Waals surface area contributed by atoms with Gasteiger partial charge in [0.2, 0.25) is 0 Å². The highest BCUT2D eigenvalue weighted by atomic mass is 16.5.